The first-order valence-corrected chi connectivity index (χ1v) is 3.53. The second kappa shape index (κ2) is 1.93. The lowest BCUT2D eigenvalue weighted by molar-refractivity contribution is -0.140. The second-order valence-corrected chi connectivity index (χ2v) is 3.37. The first-order chi connectivity index (χ1) is 4.11. The Kier molecular flexibility index (Phi) is 1.50. The van der Waals surface area contributed by atoms with Crippen molar-refractivity contribution in [3.8, 4) is 0 Å². The average molecular weight is 239 g/mol. The lowest BCUT2D eigenvalue weighted by Gasteiger charge is -2.00. The minimum atomic E-state index is -0.632. The number of carbonyl (C=O) groups is 1. The van der Waals surface area contributed by atoms with Crippen molar-refractivity contribution in [2.24, 2.45) is 4.99 Å². The Balaban J connectivity index is 2.57. The number of methoxy groups -OCH3 is 1. The Morgan fingerprint density at radius 3 is 2.44 bits per heavy atom. The van der Waals surface area contributed by atoms with Gasteiger partial charge in [-0.1, -0.05) is 0 Å². The molecule has 1 heterocycles. The van der Waals surface area contributed by atoms with E-state index in [0.717, 1.165) is 5.71 Å². The third kappa shape index (κ3) is 0.953. The average Bonchev–Trinajstić information content (AvgIpc) is 2.41. The van der Waals surface area contributed by atoms with Crippen molar-refractivity contribution >= 4 is 34.3 Å². The highest BCUT2D eigenvalue weighted by atomic mass is 127. The van der Waals surface area contributed by atoms with E-state index in [4.69, 9.17) is 0 Å². The summed E-state index contributed by atoms with van der Waals surface area (Å²) >= 11 is 1.96. The summed E-state index contributed by atoms with van der Waals surface area (Å²) in [4.78, 5) is 14.6. The van der Waals surface area contributed by atoms with Crippen molar-refractivity contribution in [2.75, 3.05) is 7.11 Å². The zero-order valence-corrected chi connectivity index (χ0v) is 7.30. The van der Waals surface area contributed by atoms with Gasteiger partial charge in [0.05, 0.1) is 12.8 Å². The molecule has 0 aromatic carbocycles. The highest BCUT2D eigenvalue weighted by Crippen LogP contribution is 2.36. The van der Waals surface area contributed by atoms with Gasteiger partial charge in [0.2, 0.25) is 3.55 Å². The zero-order valence-electron chi connectivity index (χ0n) is 5.14. The van der Waals surface area contributed by atoms with Gasteiger partial charge in [0, 0.05) is 0 Å². The number of esters is 1. The maximum atomic E-state index is 10.8. The number of rotatable bonds is 1. The van der Waals surface area contributed by atoms with Crippen LogP contribution in [0.3, 0.4) is 0 Å². The molecule has 9 heavy (non-hydrogen) atoms. The largest absolute Gasteiger partial charge is 0.466 e. The van der Waals surface area contributed by atoms with Gasteiger partial charge in [-0.3, -0.25) is 4.99 Å². The Hall–Kier alpha value is -0.130. The van der Waals surface area contributed by atoms with Crippen LogP contribution in [0.15, 0.2) is 4.99 Å². The van der Waals surface area contributed by atoms with E-state index in [-0.39, 0.29) is 5.97 Å². The topological polar surface area (TPSA) is 38.7 Å². The molecule has 1 aliphatic heterocycles. The van der Waals surface area contributed by atoms with Crippen LogP contribution in [-0.2, 0) is 9.53 Å². The fourth-order valence-corrected chi connectivity index (χ4v) is 1.11. The molecule has 1 atom stereocenters. The number of hydrogen-bond donors (Lipinski definition) is 0. The molecule has 4 heteroatoms. The highest BCUT2D eigenvalue weighted by Gasteiger charge is 2.50. The van der Waals surface area contributed by atoms with Gasteiger partial charge in [0.1, 0.15) is 0 Å². The number of ether oxygens (including phenoxy) is 1. The van der Waals surface area contributed by atoms with Crippen LogP contribution in [0.5, 0.6) is 0 Å². The summed E-state index contributed by atoms with van der Waals surface area (Å²) in [6.07, 6.45) is 0. The van der Waals surface area contributed by atoms with Gasteiger partial charge in [0.25, 0.3) is 0 Å². The van der Waals surface area contributed by atoms with Crippen molar-refractivity contribution in [1.29, 1.82) is 0 Å². The molecule has 3 nitrogen and oxygen atoms in total. The molecule has 1 unspecified atom stereocenters. The van der Waals surface area contributed by atoms with Gasteiger partial charge in [0.15, 0.2) is 0 Å². The van der Waals surface area contributed by atoms with E-state index in [0.29, 0.717) is 0 Å². The van der Waals surface area contributed by atoms with Gasteiger partial charge in [-0.25, -0.2) is 4.79 Å². The Bertz CT molecular complexity index is 189. The maximum Gasteiger partial charge on any atom is 0.349 e. The van der Waals surface area contributed by atoms with Crippen molar-refractivity contribution in [1.82, 2.24) is 0 Å². The lowest BCUT2D eigenvalue weighted by Crippen LogP contribution is -2.22. The summed E-state index contributed by atoms with van der Waals surface area (Å²) < 4.78 is 3.85. The Morgan fingerprint density at radius 1 is 1.89 bits per heavy atom. The third-order valence-electron chi connectivity index (χ3n) is 1.21. The minimum absolute atomic E-state index is 0.277. The van der Waals surface area contributed by atoms with Crippen molar-refractivity contribution in [2.45, 2.75) is 10.5 Å². The normalized spacial score (nSPS) is 31.2. The van der Waals surface area contributed by atoms with E-state index < -0.39 is 3.55 Å². The van der Waals surface area contributed by atoms with Crippen LogP contribution < -0.4 is 0 Å². The monoisotopic (exact) mass is 239 g/mol. The van der Waals surface area contributed by atoms with E-state index >= 15 is 0 Å². The molecule has 0 saturated heterocycles. The van der Waals surface area contributed by atoms with E-state index in [2.05, 4.69) is 9.73 Å². The SMILES string of the molecule is COC(=O)C1(I)N=C1C. The molecule has 50 valence electrons. The lowest BCUT2D eigenvalue weighted by atomic mass is 10.3. The summed E-state index contributed by atoms with van der Waals surface area (Å²) in [5.41, 5.74) is 0.843. The molecule has 0 N–H and O–H groups in total. The van der Waals surface area contributed by atoms with Crippen LogP contribution >= 0.6 is 22.6 Å². The molecule has 0 aromatic rings. The molecule has 1 rings (SSSR count). The van der Waals surface area contributed by atoms with Crippen LogP contribution in [0.4, 0.5) is 0 Å². The van der Waals surface area contributed by atoms with Gasteiger partial charge in [-0.15, -0.1) is 0 Å². The predicted octanol–water partition coefficient (Wildman–Crippen LogP) is 0.765. The maximum absolute atomic E-state index is 10.8. The highest BCUT2D eigenvalue weighted by molar-refractivity contribution is 14.1. The molecular formula is C5H6INO2. The van der Waals surface area contributed by atoms with Crippen LogP contribution in [0, 0.1) is 0 Å². The first kappa shape index (κ1) is 6.98. The van der Waals surface area contributed by atoms with E-state index in [9.17, 15) is 4.79 Å². The summed E-state index contributed by atoms with van der Waals surface area (Å²) in [7, 11) is 1.36. The first-order valence-electron chi connectivity index (χ1n) is 2.45. The number of hydrogen-bond acceptors (Lipinski definition) is 3. The third-order valence-corrected chi connectivity index (χ3v) is 2.67. The van der Waals surface area contributed by atoms with Crippen LogP contribution in [0.1, 0.15) is 6.92 Å². The van der Waals surface area contributed by atoms with Crippen LogP contribution in [0.2, 0.25) is 0 Å². The second-order valence-electron chi connectivity index (χ2n) is 1.81. The summed E-state index contributed by atoms with van der Waals surface area (Å²) in [5, 5.41) is 0. The molecule has 0 aliphatic carbocycles. The number of aliphatic imine (C=N–C) groups is 1. The van der Waals surface area contributed by atoms with Crippen LogP contribution in [-0.4, -0.2) is 22.3 Å². The van der Waals surface area contributed by atoms with Crippen LogP contribution in [0.25, 0.3) is 0 Å². The molecule has 0 radical (unpaired) electrons. The summed E-state index contributed by atoms with van der Waals surface area (Å²) in [5.74, 6) is -0.277. The number of halogens is 1. The fraction of sp³-hybridized carbons (Fsp3) is 0.600. The molecule has 0 bridgehead atoms. The Labute approximate surface area is 66.6 Å². The van der Waals surface area contributed by atoms with Gasteiger partial charge >= 0.3 is 5.97 Å². The smallest absolute Gasteiger partial charge is 0.349 e. The zero-order chi connectivity index (χ0) is 7.07. The van der Waals surface area contributed by atoms with Crippen molar-refractivity contribution in [3.05, 3.63) is 0 Å². The number of carbonyl (C=O) groups excluding carboxylic acids is 1. The quantitative estimate of drug-likeness (QED) is 0.293. The summed E-state index contributed by atoms with van der Waals surface area (Å²) in [6.45, 7) is 1.81. The molecule has 0 amide bonds. The minimum Gasteiger partial charge on any atom is -0.466 e. The molecule has 0 aromatic heterocycles. The van der Waals surface area contributed by atoms with Gasteiger partial charge in [-0.05, 0) is 29.5 Å². The molecule has 0 fully saturated rings. The molecular weight excluding hydrogens is 233 g/mol. The van der Waals surface area contributed by atoms with E-state index in [1.807, 2.05) is 29.5 Å². The standard InChI is InChI=1S/C5H6INO2/c1-3-5(6,7-3)4(8)9-2/h1-2H3. The van der Waals surface area contributed by atoms with E-state index in [1.54, 1.807) is 0 Å². The van der Waals surface area contributed by atoms with Gasteiger partial charge < -0.3 is 4.74 Å². The molecule has 1 aliphatic rings. The molecule has 0 saturated carbocycles. The van der Waals surface area contributed by atoms with Gasteiger partial charge in [-0.2, -0.15) is 0 Å². The van der Waals surface area contributed by atoms with Crippen molar-refractivity contribution < 1.29 is 9.53 Å². The predicted molar refractivity (Wildman–Crippen MR) is 41.9 cm³/mol. The number of alkyl halides is 1. The van der Waals surface area contributed by atoms with E-state index in [1.165, 1.54) is 7.11 Å². The Morgan fingerprint density at radius 2 is 2.33 bits per heavy atom. The number of nitrogens with zero attached hydrogens (tertiary/aromatic N) is 1. The van der Waals surface area contributed by atoms with Crippen molar-refractivity contribution in [3.63, 3.8) is 0 Å². The fourth-order valence-electron chi connectivity index (χ4n) is 0.532. The molecule has 0 spiro atoms. The summed E-state index contributed by atoms with van der Waals surface area (Å²) in [6, 6.07) is 0.